The first-order valence-electron chi connectivity index (χ1n) is 10.8. The van der Waals surface area contributed by atoms with E-state index in [2.05, 4.69) is 32.7 Å². The van der Waals surface area contributed by atoms with Crippen molar-refractivity contribution in [1.29, 1.82) is 0 Å². The Kier molecular flexibility index (Phi) is 11.8. The first-order chi connectivity index (χ1) is 13.0. The van der Waals surface area contributed by atoms with Crippen LogP contribution in [0, 0.1) is 0 Å². The molecule has 1 rings (SSSR count). The minimum absolute atomic E-state index is 0.0147. The Labute approximate surface area is 166 Å². The molecule has 0 amide bonds. The van der Waals surface area contributed by atoms with Crippen molar-refractivity contribution >= 4 is 5.97 Å². The zero-order valence-corrected chi connectivity index (χ0v) is 17.5. The molecule has 0 aliphatic carbocycles. The zero-order chi connectivity index (χ0) is 20.0. The highest BCUT2D eigenvalue weighted by atomic mass is 16.4. The Morgan fingerprint density at radius 1 is 1.00 bits per heavy atom. The molecule has 0 spiro atoms. The van der Waals surface area contributed by atoms with Crippen molar-refractivity contribution < 1.29 is 14.4 Å². The van der Waals surface area contributed by atoms with Crippen molar-refractivity contribution in [2.24, 2.45) is 0 Å². The minimum atomic E-state index is -0.743. The summed E-state index contributed by atoms with van der Waals surface area (Å²) in [6.45, 7) is 7.25. The van der Waals surface area contributed by atoms with E-state index >= 15 is 0 Å². The molecule has 0 heterocycles. The Morgan fingerprint density at radius 2 is 1.52 bits per heavy atom. The Hall–Kier alpha value is -1.61. The fourth-order valence-electron chi connectivity index (χ4n) is 3.99. The van der Waals surface area contributed by atoms with Crippen molar-refractivity contribution in [1.82, 2.24) is 0 Å². The molecule has 1 aromatic rings. The first-order valence-corrected chi connectivity index (χ1v) is 10.8. The van der Waals surface area contributed by atoms with Gasteiger partial charge in [-0.1, -0.05) is 95.2 Å². The van der Waals surface area contributed by atoms with Crippen molar-refractivity contribution in [2.75, 3.05) is 20.1 Å². The standard InChI is InChI=1S/C24H39NO2/c1-4-6-7-8-9-10-11-12-13-17-20-25(3,21-24(26)27)23(5-2)22-18-15-14-16-19-22/h5,14-16,18-19,23H,2,4,6-13,17,20-21H2,1,3H3/p+1. The third-order valence-electron chi connectivity index (χ3n) is 5.55. The molecule has 0 saturated carbocycles. The number of hydrogen-bond donors (Lipinski definition) is 1. The maximum absolute atomic E-state index is 11.5. The fraction of sp³-hybridized carbons (Fsp3) is 0.625. The number of unbranched alkanes of at least 4 members (excludes halogenated alkanes) is 9. The molecule has 0 fully saturated rings. The molecule has 3 nitrogen and oxygen atoms in total. The molecule has 0 aromatic heterocycles. The van der Waals surface area contributed by atoms with Crippen LogP contribution in [-0.2, 0) is 4.79 Å². The van der Waals surface area contributed by atoms with E-state index in [9.17, 15) is 9.90 Å². The van der Waals surface area contributed by atoms with Gasteiger partial charge in [0.1, 0.15) is 6.04 Å². The Morgan fingerprint density at radius 3 is 2.00 bits per heavy atom. The lowest BCUT2D eigenvalue weighted by atomic mass is 10.0. The molecule has 2 atom stereocenters. The van der Waals surface area contributed by atoms with Gasteiger partial charge in [0.15, 0.2) is 6.54 Å². The summed E-state index contributed by atoms with van der Waals surface area (Å²) in [4.78, 5) is 11.5. The SMILES string of the molecule is C=CC(c1ccccc1)[N+](C)(CCCCCCCCCCCC)CC(=O)O. The maximum Gasteiger partial charge on any atom is 0.359 e. The van der Waals surface area contributed by atoms with Crippen molar-refractivity contribution in [3.63, 3.8) is 0 Å². The second kappa shape index (κ2) is 13.5. The maximum atomic E-state index is 11.5. The number of benzene rings is 1. The molecule has 0 aliphatic heterocycles. The van der Waals surface area contributed by atoms with Gasteiger partial charge in [0.2, 0.25) is 0 Å². The predicted molar refractivity (Wildman–Crippen MR) is 115 cm³/mol. The average molecular weight is 375 g/mol. The molecule has 0 radical (unpaired) electrons. The number of aliphatic carboxylic acids is 1. The molecule has 0 aliphatic rings. The number of likely N-dealkylation sites (N-methyl/N-ethyl adjacent to an activating group) is 1. The Balaban J connectivity index is 2.45. The minimum Gasteiger partial charge on any atom is -0.477 e. The van der Waals surface area contributed by atoms with Crippen LogP contribution in [0.3, 0.4) is 0 Å². The largest absolute Gasteiger partial charge is 0.477 e. The van der Waals surface area contributed by atoms with Crippen LogP contribution in [0.2, 0.25) is 0 Å². The summed E-state index contributed by atoms with van der Waals surface area (Å²) in [6.07, 6.45) is 14.8. The number of carboxylic acid groups (broad SMARTS) is 1. The van der Waals surface area contributed by atoms with Gasteiger partial charge in [0.05, 0.1) is 13.6 Å². The number of carbonyl (C=O) groups is 1. The summed E-state index contributed by atoms with van der Waals surface area (Å²) in [7, 11) is 2.06. The van der Waals surface area contributed by atoms with Crippen LogP contribution in [0.4, 0.5) is 0 Å². The van der Waals surface area contributed by atoms with Gasteiger partial charge in [-0.15, -0.1) is 0 Å². The van der Waals surface area contributed by atoms with Crippen LogP contribution in [0.5, 0.6) is 0 Å². The first kappa shape index (κ1) is 23.4. The van der Waals surface area contributed by atoms with E-state index < -0.39 is 5.97 Å². The molecular formula is C24H40NO2+. The van der Waals surface area contributed by atoms with E-state index in [0.29, 0.717) is 4.48 Å². The van der Waals surface area contributed by atoms with Crippen LogP contribution in [0.15, 0.2) is 43.0 Å². The topological polar surface area (TPSA) is 37.3 Å². The van der Waals surface area contributed by atoms with Gasteiger partial charge in [0.25, 0.3) is 0 Å². The highest BCUT2D eigenvalue weighted by Crippen LogP contribution is 2.29. The van der Waals surface area contributed by atoms with Crippen LogP contribution < -0.4 is 0 Å². The van der Waals surface area contributed by atoms with Crippen molar-refractivity contribution in [3.05, 3.63) is 48.6 Å². The average Bonchev–Trinajstić information content (AvgIpc) is 2.64. The molecule has 3 heteroatoms. The summed E-state index contributed by atoms with van der Waals surface area (Å²) in [5.74, 6) is -0.743. The summed E-state index contributed by atoms with van der Waals surface area (Å²) in [6, 6.07) is 10.2. The van der Waals surface area contributed by atoms with Gasteiger partial charge >= 0.3 is 5.97 Å². The van der Waals surface area contributed by atoms with Crippen molar-refractivity contribution in [3.8, 4) is 0 Å². The lowest BCUT2D eigenvalue weighted by Gasteiger charge is -2.39. The normalized spacial score (nSPS) is 14.4. The highest BCUT2D eigenvalue weighted by Gasteiger charge is 2.33. The van der Waals surface area contributed by atoms with Gasteiger partial charge in [-0.2, -0.15) is 0 Å². The van der Waals surface area contributed by atoms with Crippen LogP contribution in [0.1, 0.15) is 82.7 Å². The van der Waals surface area contributed by atoms with Crippen LogP contribution in [-0.4, -0.2) is 35.7 Å². The molecule has 152 valence electrons. The molecule has 1 N–H and O–H groups in total. The molecule has 0 saturated heterocycles. The second-order valence-corrected chi connectivity index (χ2v) is 8.03. The molecule has 2 unspecified atom stereocenters. The summed E-state index contributed by atoms with van der Waals surface area (Å²) in [5, 5.41) is 9.45. The lowest BCUT2D eigenvalue weighted by molar-refractivity contribution is -0.926. The van der Waals surface area contributed by atoms with Gasteiger partial charge in [-0.25, -0.2) is 4.79 Å². The number of nitrogens with zero attached hydrogens (tertiary/aromatic N) is 1. The lowest BCUT2D eigenvalue weighted by Crippen LogP contribution is -2.50. The monoisotopic (exact) mass is 374 g/mol. The number of hydrogen-bond acceptors (Lipinski definition) is 1. The van der Waals surface area contributed by atoms with Crippen LogP contribution in [0.25, 0.3) is 0 Å². The Bertz CT molecular complexity index is 528. The zero-order valence-electron chi connectivity index (χ0n) is 17.5. The summed E-state index contributed by atoms with van der Waals surface area (Å²) < 4.78 is 0.486. The van der Waals surface area contributed by atoms with E-state index in [-0.39, 0.29) is 12.6 Å². The number of carboxylic acids is 1. The molecule has 1 aromatic carbocycles. The van der Waals surface area contributed by atoms with E-state index in [0.717, 1.165) is 18.5 Å². The summed E-state index contributed by atoms with van der Waals surface area (Å²) in [5.41, 5.74) is 1.14. The molecule has 0 bridgehead atoms. The molecular weight excluding hydrogens is 334 g/mol. The smallest absolute Gasteiger partial charge is 0.359 e. The van der Waals surface area contributed by atoms with Gasteiger partial charge < -0.3 is 9.59 Å². The van der Waals surface area contributed by atoms with E-state index in [4.69, 9.17) is 0 Å². The number of rotatable bonds is 16. The van der Waals surface area contributed by atoms with E-state index in [1.54, 1.807) is 0 Å². The predicted octanol–water partition coefficient (Wildman–Crippen LogP) is 6.37. The highest BCUT2D eigenvalue weighted by molar-refractivity contribution is 5.68. The third-order valence-corrected chi connectivity index (χ3v) is 5.55. The fourth-order valence-corrected chi connectivity index (χ4v) is 3.99. The molecule has 27 heavy (non-hydrogen) atoms. The van der Waals surface area contributed by atoms with E-state index in [1.165, 1.54) is 57.8 Å². The number of quaternary nitrogens is 1. The second-order valence-electron chi connectivity index (χ2n) is 8.03. The van der Waals surface area contributed by atoms with Gasteiger partial charge in [-0.3, -0.25) is 0 Å². The van der Waals surface area contributed by atoms with Crippen LogP contribution >= 0.6 is 0 Å². The van der Waals surface area contributed by atoms with Crippen molar-refractivity contribution in [2.45, 2.75) is 77.2 Å². The van der Waals surface area contributed by atoms with Gasteiger partial charge in [0, 0.05) is 5.56 Å². The van der Waals surface area contributed by atoms with Gasteiger partial charge in [-0.05, 0) is 18.9 Å². The summed E-state index contributed by atoms with van der Waals surface area (Å²) >= 11 is 0. The van der Waals surface area contributed by atoms with E-state index in [1.807, 2.05) is 24.3 Å². The third kappa shape index (κ3) is 9.23. The quantitative estimate of drug-likeness (QED) is 0.207.